The van der Waals surface area contributed by atoms with Crippen LogP contribution >= 0.6 is 0 Å². The number of nitrogens with one attached hydrogen (secondary N) is 1. The summed E-state index contributed by atoms with van der Waals surface area (Å²) in [6.45, 7) is 0.366. The SMILES string of the molecule is NS(=O)(=O)c1ccc(Nc2ncc3c(n2)-n2ccnc2CO3)cc1. The van der Waals surface area contributed by atoms with E-state index in [2.05, 4.69) is 20.3 Å². The molecule has 122 valence electrons. The molecule has 0 saturated carbocycles. The van der Waals surface area contributed by atoms with Crippen LogP contribution in [-0.4, -0.2) is 27.9 Å². The fraction of sp³-hybridized carbons (Fsp3) is 0.0714. The maximum Gasteiger partial charge on any atom is 0.238 e. The Balaban J connectivity index is 1.64. The zero-order chi connectivity index (χ0) is 16.7. The zero-order valence-corrected chi connectivity index (χ0v) is 13.1. The number of primary sulfonamides is 1. The third kappa shape index (κ3) is 2.57. The first-order valence-corrected chi connectivity index (χ1v) is 8.48. The van der Waals surface area contributed by atoms with Crippen molar-refractivity contribution in [1.82, 2.24) is 19.5 Å². The van der Waals surface area contributed by atoms with E-state index in [1.165, 1.54) is 12.1 Å². The molecule has 3 N–H and O–H groups in total. The second-order valence-electron chi connectivity index (χ2n) is 5.08. The molecule has 0 saturated heterocycles. The lowest BCUT2D eigenvalue weighted by Gasteiger charge is -2.18. The topological polar surface area (TPSA) is 125 Å². The lowest BCUT2D eigenvalue weighted by Crippen LogP contribution is -2.15. The highest BCUT2D eigenvalue weighted by molar-refractivity contribution is 7.89. The first kappa shape index (κ1) is 14.6. The van der Waals surface area contributed by atoms with Crippen LogP contribution < -0.4 is 15.2 Å². The van der Waals surface area contributed by atoms with Crippen LogP contribution in [0.15, 0.2) is 47.8 Å². The lowest BCUT2D eigenvalue weighted by atomic mass is 10.3. The molecule has 0 atom stereocenters. The first-order valence-electron chi connectivity index (χ1n) is 6.93. The van der Waals surface area contributed by atoms with Gasteiger partial charge in [-0.2, -0.15) is 4.98 Å². The van der Waals surface area contributed by atoms with Gasteiger partial charge in [0.1, 0.15) is 6.61 Å². The molecule has 0 radical (unpaired) electrons. The Bertz CT molecular complexity index is 1010. The van der Waals surface area contributed by atoms with Gasteiger partial charge in [0.15, 0.2) is 17.4 Å². The van der Waals surface area contributed by atoms with Gasteiger partial charge in [0, 0.05) is 18.1 Å². The van der Waals surface area contributed by atoms with Crippen molar-refractivity contribution in [3.05, 3.63) is 48.7 Å². The highest BCUT2D eigenvalue weighted by atomic mass is 32.2. The average Bonchev–Trinajstić information content (AvgIpc) is 3.03. The van der Waals surface area contributed by atoms with Gasteiger partial charge in [0.2, 0.25) is 16.0 Å². The van der Waals surface area contributed by atoms with Gasteiger partial charge in [0.25, 0.3) is 0 Å². The number of hydrogen-bond acceptors (Lipinski definition) is 7. The van der Waals surface area contributed by atoms with E-state index in [1.54, 1.807) is 30.7 Å². The molecule has 3 heterocycles. The van der Waals surface area contributed by atoms with E-state index >= 15 is 0 Å². The Morgan fingerprint density at radius 1 is 1.21 bits per heavy atom. The summed E-state index contributed by atoms with van der Waals surface area (Å²) in [4.78, 5) is 12.8. The smallest absolute Gasteiger partial charge is 0.238 e. The largest absolute Gasteiger partial charge is 0.480 e. The molecule has 9 nitrogen and oxygen atoms in total. The number of ether oxygens (including phenoxy) is 1. The monoisotopic (exact) mass is 344 g/mol. The first-order chi connectivity index (χ1) is 11.5. The summed E-state index contributed by atoms with van der Waals surface area (Å²) in [5, 5.41) is 8.08. The van der Waals surface area contributed by atoms with Crippen molar-refractivity contribution in [1.29, 1.82) is 0 Å². The van der Waals surface area contributed by atoms with E-state index in [0.29, 0.717) is 29.8 Å². The fourth-order valence-corrected chi connectivity index (χ4v) is 2.85. The van der Waals surface area contributed by atoms with Crippen molar-refractivity contribution in [2.75, 3.05) is 5.32 Å². The minimum atomic E-state index is -3.72. The summed E-state index contributed by atoms with van der Waals surface area (Å²) in [6, 6.07) is 5.99. The molecule has 1 aliphatic heterocycles. The Hall–Kier alpha value is -2.98. The molecule has 3 aromatic rings. The van der Waals surface area contributed by atoms with E-state index < -0.39 is 10.0 Å². The van der Waals surface area contributed by atoms with Gasteiger partial charge in [-0.15, -0.1) is 0 Å². The zero-order valence-electron chi connectivity index (χ0n) is 12.2. The van der Waals surface area contributed by atoms with Crippen LogP contribution in [0.3, 0.4) is 0 Å². The number of nitrogens with zero attached hydrogens (tertiary/aromatic N) is 4. The number of nitrogens with two attached hydrogens (primary N) is 1. The van der Waals surface area contributed by atoms with Gasteiger partial charge in [0.05, 0.1) is 11.1 Å². The molecule has 4 rings (SSSR count). The van der Waals surface area contributed by atoms with Crippen LogP contribution in [0.4, 0.5) is 11.6 Å². The van der Waals surface area contributed by atoms with Crippen LogP contribution in [-0.2, 0) is 16.6 Å². The Kier molecular flexibility index (Phi) is 3.22. The van der Waals surface area contributed by atoms with Gasteiger partial charge in [-0.3, -0.25) is 4.57 Å². The molecule has 1 aromatic carbocycles. The normalized spacial score (nSPS) is 12.9. The van der Waals surface area contributed by atoms with Gasteiger partial charge < -0.3 is 10.1 Å². The summed E-state index contributed by atoms with van der Waals surface area (Å²) in [6.07, 6.45) is 5.05. The molecule has 2 aromatic heterocycles. The fourth-order valence-electron chi connectivity index (χ4n) is 2.33. The predicted molar refractivity (Wildman–Crippen MR) is 84.6 cm³/mol. The number of hydrogen-bond donors (Lipinski definition) is 2. The summed E-state index contributed by atoms with van der Waals surface area (Å²) in [7, 11) is -3.72. The number of benzene rings is 1. The van der Waals surface area contributed by atoms with Crippen LogP contribution in [0.2, 0.25) is 0 Å². The number of rotatable bonds is 3. The van der Waals surface area contributed by atoms with Crippen LogP contribution in [0.5, 0.6) is 5.75 Å². The molecule has 24 heavy (non-hydrogen) atoms. The average molecular weight is 344 g/mol. The maximum absolute atomic E-state index is 11.3. The van der Waals surface area contributed by atoms with Gasteiger partial charge in [-0.1, -0.05) is 0 Å². The van der Waals surface area contributed by atoms with Crippen molar-refractivity contribution in [3.8, 4) is 11.6 Å². The van der Waals surface area contributed by atoms with E-state index in [0.717, 1.165) is 5.82 Å². The highest BCUT2D eigenvalue weighted by Gasteiger charge is 2.19. The molecule has 0 fully saturated rings. The van der Waals surface area contributed by atoms with Gasteiger partial charge >= 0.3 is 0 Å². The highest BCUT2D eigenvalue weighted by Crippen LogP contribution is 2.28. The van der Waals surface area contributed by atoms with E-state index in [1.807, 2.05) is 4.57 Å². The van der Waals surface area contributed by atoms with Crippen molar-refractivity contribution in [3.63, 3.8) is 0 Å². The quantitative estimate of drug-likeness (QED) is 0.724. The summed E-state index contributed by atoms with van der Waals surface area (Å²) >= 11 is 0. The van der Waals surface area contributed by atoms with Crippen molar-refractivity contribution in [2.24, 2.45) is 5.14 Å². The molecule has 0 amide bonds. The number of anilines is 2. The van der Waals surface area contributed by atoms with E-state index in [9.17, 15) is 8.42 Å². The maximum atomic E-state index is 11.3. The standard InChI is InChI=1S/C14H12N6O3S/c15-24(21,22)10-3-1-9(2-4-10)18-14-17-7-11-13(19-14)20-6-5-16-12(20)8-23-11/h1-7H,8H2,(H2,15,21,22)(H,17,18,19). The van der Waals surface area contributed by atoms with Crippen LogP contribution in [0.25, 0.3) is 5.82 Å². The van der Waals surface area contributed by atoms with Gasteiger partial charge in [-0.25, -0.2) is 23.5 Å². The molecule has 1 aliphatic rings. The van der Waals surface area contributed by atoms with E-state index in [-0.39, 0.29) is 4.90 Å². The predicted octanol–water partition coefficient (Wildman–Crippen LogP) is 0.946. The molecule has 0 aliphatic carbocycles. The third-order valence-corrected chi connectivity index (χ3v) is 4.41. The van der Waals surface area contributed by atoms with Crippen LogP contribution in [0, 0.1) is 0 Å². The van der Waals surface area contributed by atoms with Crippen LogP contribution in [0.1, 0.15) is 5.82 Å². The Morgan fingerprint density at radius 3 is 2.75 bits per heavy atom. The molecular weight excluding hydrogens is 332 g/mol. The second kappa shape index (κ2) is 5.28. The second-order valence-corrected chi connectivity index (χ2v) is 6.64. The summed E-state index contributed by atoms with van der Waals surface area (Å²) < 4.78 is 29.9. The molecule has 0 bridgehead atoms. The third-order valence-electron chi connectivity index (χ3n) is 3.48. The number of aromatic nitrogens is 4. The molecule has 0 spiro atoms. The number of fused-ring (bicyclic) bond motifs is 3. The minimum absolute atomic E-state index is 0.0378. The van der Waals surface area contributed by atoms with Gasteiger partial charge in [-0.05, 0) is 24.3 Å². The van der Waals surface area contributed by atoms with Crippen molar-refractivity contribution < 1.29 is 13.2 Å². The molecule has 10 heteroatoms. The lowest BCUT2D eigenvalue weighted by molar-refractivity contribution is 0.276. The Morgan fingerprint density at radius 2 is 2.00 bits per heavy atom. The molecular formula is C14H12N6O3S. The van der Waals surface area contributed by atoms with Crippen molar-refractivity contribution >= 4 is 21.7 Å². The van der Waals surface area contributed by atoms with E-state index in [4.69, 9.17) is 9.88 Å². The van der Waals surface area contributed by atoms with Crippen molar-refractivity contribution in [2.45, 2.75) is 11.5 Å². The Labute approximate surface area is 137 Å². The minimum Gasteiger partial charge on any atom is -0.480 e. The summed E-state index contributed by atoms with van der Waals surface area (Å²) in [5.41, 5.74) is 0.630. The number of imidazole rings is 1. The number of sulfonamides is 1. The molecule has 0 unspecified atom stereocenters. The summed E-state index contributed by atoms with van der Waals surface area (Å²) in [5.74, 6) is 2.26.